The fourth-order valence-corrected chi connectivity index (χ4v) is 3.94. The Morgan fingerprint density at radius 2 is 2.10 bits per heavy atom. The third kappa shape index (κ3) is 3.96. The Hall–Kier alpha value is -2.93. The van der Waals surface area contributed by atoms with Gasteiger partial charge in [0.2, 0.25) is 0 Å². The minimum Gasteiger partial charge on any atom is -0.497 e. The van der Waals surface area contributed by atoms with Crippen molar-refractivity contribution in [1.29, 1.82) is 0 Å². The number of aliphatic hydroxyl groups excluding tert-OH is 1. The summed E-state index contributed by atoms with van der Waals surface area (Å²) in [5, 5.41) is 17.4. The molecular weight excluding hydrogens is 373 g/mol. The van der Waals surface area contributed by atoms with Gasteiger partial charge in [-0.15, -0.1) is 0 Å². The maximum absolute atomic E-state index is 14.4. The molecule has 0 unspecified atom stereocenters. The lowest BCUT2D eigenvalue weighted by Gasteiger charge is -2.28. The lowest BCUT2D eigenvalue weighted by atomic mass is 9.92. The molecule has 1 amide bonds. The molecule has 1 aliphatic carbocycles. The number of hydrogen-bond acceptors (Lipinski definition) is 4. The molecule has 0 saturated heterocycles. The minimum absolute atomic E-state index is 0.256. The minimum atomic E-state index is -0.528. The van der Waals surface area contributed by atoms with Gasteiger partial charge in [-0.05, 0) is 48.2 Å². The lowest BCUT2D eigenvalue weighted by molar-refractivity contribution is 0.0712. The molecular formula is C22H24FN3O3. The van der Waals surface area contributed by atoms with Gasteiger partial charge in [-0.25, -0.2) is 8.91 Å². The first kappa shape index (κ1) is 19.4. The average Bonchev–Trinajstić information content (AvgIpc) is 3.10. The summed E-state index contributed by atoms with van der Waals surface area (Å²) in [5.41, 5.74) is 2.44. The summed E-state index contributed by atoms with van der Waals surface area (Å²) < 4.78 is 21.1. The first-order chi connectivity index (χ1) is 14.1. The fourth-order valence-electron chi connectivity index (χ4n) is 3.94. The number of nitrogens with zero attached hydrogens (tertiary/aromatic N) is 2. The summed E-state index contributed by atoms with van der Waals surface area (Å²) in [6, 6.07) is 9.89. The summed E-state index contributed by atoms with van der Waals surface area (Å²) in [7, 11) is 1.50. The number of aliphatic hydroxyl groups is 1. The van der Waals surface area contributed by atoms with Crippen LogP contribution in [0.3, 0.4) is 0 Å². The molecule has 3 aromatic rings. The van der Waals surface area contributed by atoms with Crippen LogP contribution in [0.5, 0.6) is 5.75 Å². The number of nitrogens with one attached hydrogen (secondary N) is 1. The summed E-state index contributed by atoms with van der Waals surface area (Å²) in [6.07, 6.45) is 4.81. The van der Waals surface area contributed by atoms with Crippen molar-refractivity contribution in [3.63, 3.8) is 0 Å². The fraction of sp³-hybridized carbons (Fsp3) is 0.364. The molecule has 2 aromatic heterocycles. The maximum atomic E-state index is 14.4. The molecule has 2 heterocycles. The van der Waals surface area contributed by atoms with E-state index in [9.17, 15) is 14.3 Å². The number of hydrogen-bond donors (Lipinski definition) is 2. The van der Waals surface area contributed by atoms with Crippen LogP contribution in [0.25, 0.3) is 5.52 Å². The molecule has 2 N–H and O–H groups in total. The van der Waals surface area contributed by atoms with Crippen molar-refractivity contribution in [3.05, 3.63) is 65.2 Å². The van der Waals surface area contributed by atoms with Crippen molar-refractivity contribution in [1.82, 2.24) is 14.9 Å². The maximum Gasteiger partial charge on any atom is 0.270 e. The summed E-state index contributed by atoms with van der Waals surface area (Å²) in [5.74, 6) is -0.184. The lowest BCUT2D eigenvalue weighted by Crippen LogP contribution is -2.45. The van der Waals surface area contributed by atoms with E-state index in [1.54, 1.807) is 35.0 Å². The predicted octanol–water partition coefficient (Wildman–Crippen LogP) is 3.11. The van der Waals surface area contributed by atoms with Crippen molar-refractivity contribution in [2.45, 2.75) is 44.2 Å². The molecule has 1 saturated carbocycles. The third-order valence-corrected chi connectivity index (χ3v) is 5.54. The van der Waals surface area contributed by atoms with Crippen molar-refractivity contribution in [2.24, 2.45) is 0 Å². The monoisotopic (exact) mass is 397 g/mol. The summed E-state index contributed by atoms with van der Waals surface area (Å²) in [6.45, 7) is 0. The van der Waals surface area contributed by atoms with Crippen molar-refractivity contribution in [2.75, 3.05) is 7.11 Å². The van der Waals surface area contributed by atoms with Crippen molar-refractivity contribution < 1.29 is 19.0 Å². The van der Waals surface area contributed by atoms with E-state index < -0.39 is 6.10 Å². The van der Waals surface area contributed by atoms with Gasteiger partial charge in [-0.1, -0.05) is 18.9 Å². The topological polar surface area (TPSA) is 75.9 Å². The van der Waals surface area contributed by atoms with E-state index in [0.717, 1.165) is 30.3 Å². The largest absolute Gasteiger partial charge is 0.497 e. The Kier molecular flexibility index (Phi) is 5.49. The van der Waals surface area contributed by atoms with E-state index in [2.05, 4.69) is 10.4 Å². The van der Waals surface area contributed by atoms with Crippen LogP contribution in [0.15, 0.2) is 42.6 Å². The standard InChI is InChI=1S/C22H24FN3O3/c1-29-16-9-8-14(17(23)13-16)11-15-12-20(26-19(15)6-4-10-24-26)22(28)25-18-5-2-3-7-21(18)27/h4,6,8-10,12-13,18,21,27H,2-3,5,7,11H2,1H3,(H,25,28)/t18-,21-/m0/s1. The van der Waals surface area contributed by atoms with Crippen LogP contribution in [0.4, 0.5) is 4.39 Å². The SMILES string of the molecule is COc1ccc(Cc2cc(C(=O)N[C@H]3CCCC[C@@H]3O)n3ncccc23)c(F)c1. The number of carbonyl (C=O) groups excluding carboxylic acids is 1. The quantitative estimate of drug-likeness (QED) is 0.694. The number of aromatic nitrogens is 2. The normalized spacial score (nSPS) is 19.3. The Bertz CT molecular complexity index is 1030. The number of amides is 1. The first-order valence-corrected chi connectivity index (χ1v) is 9.84. The second-order valence-electron chi connectivity index (χ2n) is 7.44. The van der Waals surface area contributed by atoms with Gasteiger partial charge in [-0.3, -0.25) is 4.79 Å². The van der Waals surface area contributed by atoms with Gasteiger partial charge in [0.1, 0.15) is 17.3 Å². The molecule has 0 spiro atoms. The summed E-state index contributed by atoms with van der Waals surface area (Å²) >= 11 is 0. The molecule has 4 rings (SSSR count). The van der Waals surface area contributed by atoms with Gasteiger partial charge in [0.15, 0.2) is 0 Å². The van der Waals surface area contributed by atoms with Gasteiger partial charge >= 0.3 is 0 Å². The van der Waals surface area contributed by atoms with E-state index in [-0.39, 0.29) is 17.8 Å². The molecule has 1 aliphatic rings. The van der Waals surface area contributed by atoms with Gasteiger partial charge in [0, 0.05) is 18.7 Å². The Labute approximate surface area is 168 Å². The van der Waals surface area contributed by atoms with Crippen molar-refractivity contribution in [3.8, 4) is 5.75 Å². The number of fused-ring (bicyclic) bond motifs is 1. The highest BCUT2D eigenvalue weighted by molar-refractivity contribution is 5.94. The highest BCUT2D eigenvalue weighted by Crippen LogP contribution is 2.24. The molecule has 0 bridgehead atoms. The average molecular weight is 397 g/mol. The molecule has 152 valence electrons. The molecule has 7 heteroatoms. The van der Waals surface area contributed by atoms with E-state index in [4.69, 9.17) is 4.74 Å². The van der Waals surface area contributed by atoms with E-state index in [1.807, 2.05) is 6.07 Å². The van der Waals surface area contributed by atoms with Gasteiger partial charge in [0.25, 0.3) is 5.91 Å². The number of halogens is 1. The van der Waals surface area contributed by atoms with Crippen LogP contribution in [-0.4, -0.2) is 39.9 Å². The Morgan fingerprint density at radius 3 is 2.86 bits per heavy atom. The zero-order chi connectivity index (χ0) is 20.4. The highest BCUT2D eigenvalue weighted by Gasteiger charge is 2.26. The molecule has 0 aliphatic heterocycles. The van der Waals surface area contributed by atoms with Crippen LogP contribution in [-0.2, 0) is 6.42 Å². The first-order valence-electron chi connectivity index (χ1n) is 9.84. The Morgan fingerprint density at radius 1 is 1.28 bits per heavy atom. The van der Waals surface area contributed by atoms with Crippen LogP contribution in [0.2, 0.25) is 0 Å². The van der Waals surface area contributed by atoms with Crippen LogP contribution < -0.4 is 10.1 Å². The second-order valence-corrected chi connectivity index (χ2v) is 7.44. The van der Waals surface area contributed by atoms with Crippen LogP contribution in [0.1, 0.15) is 47.3 Å². The number of methoxy groups -OCH3 is 1. The number of rotatable bonds is 5. The zero-order valence-electron chi connectivity index (χ0n) is 16.3. The smallest absolute Gasteiger partial charge is 0.270 e. The van der Waals surface area contributed by atoms with E-state index in [1.165, 1.54) is 13.2 Å². The summed E-state index contributed by atoms with van der Waals surface area (Å²) in [4.78, 5) is 12.9. The molecule has 29 heavy (non-hydrogen) atoms. The van der Waals surface area contributed by atoms with Gasteiger partial charge in [-0.2, -0.15) is 5.10 Å². The number of benzene rings is 1. The molecule has 1 fully saturated rings. The van der Waals surface area contributed by atoms with Gasteiger partial charge < -0.3 is 15.2 Å². The van der Waals surface area contributed by atoms with Crippen LogP contribution in [0, 0.1) is 5.82 Å². The Balaban J connectivity index is 1.64. The zero-order valence-corrected chi connectivity index (χ0v) is 16.3. The van der Waals surface area contributed by atoms with Crippen LogP contribution >= 0.6 is 0 Å². The molecule has 1 aromatic carbocycles. The number of carbonyl (C=O) groups is 1. The molecule has 0 radical (unpaired) electrons. The van der Waals surface area contributed by atoms with E-state index >= 15 is 0 Å². The molecule has 2 atom stereocenters. The predicted molar refractivity (Wildman–Crippen MR) is 107 cm³/mol. The van der Waals surface area contributed by atoms with Crippen molar-refractivity contribution >= 4 is 11.4 Å². The highest BCUT2D eigenvalue weighted by atomic mass is 19.1. The van der Waals surface area contributed by atoms with E-state index in [0.29, 0.717) is 29.8 Å². The van der Waals surface area contributed by atoms with Gasteiger partial charge in [0.05, 0.1) is 24.8 Å². The molecule has 6 nitrogen and oxygen atoms in total. The second kappa shape index (κ2) is 8.21. The number of ether oxygens (including phenoxy) is 1. The third-order valence-electron chi connectivity index (χ3n) is 5.54.